The Hall–Kier alpha value is -3.70. The second-order valence-corrected chi connectivity index (χ2v) is 9.11. The van der Waals surface area contributed by atoms with Gasteiger partial charge in [0.15, 0.2) is 0 Å². The molecule has 0 atom stereocenters. The maximum absolute atomic E-state index is 7.55. The van der Waals surface area contributed by atoms with Gasteiger partial charge < -0.3 is 9.40 Å². The summed E-state index contributed by atoms with van der Waals surface area (Å²) in [5.41, 5.74) is 6.58. The molecular formula is C31H21IrN3OS-2. The molecule has 0 bridgehead atoms. The van der Waals surface area contributed by atoms with Gasteiger partial charge >= 0.3 is 0 Å². The molecule has 6 heteroatoms. The molecule has 0 saturated carbocycles. The van der Waals surface area contributed by atoms with Gasteiger partial charge in [-0.3, -0.25) is 4.98 Å². The second kappa shape index (κ2) is 10.7. The molecule has 1 radical (unpaired) electrons. The molecule has 0 aliphatic rings. The van der Waals surface area contributed by atoms with Crippen LogP contribution in [-0.4, -0.2) is 15.0 Å². The predicted octanol–water partition coefficient (Wildman–Crippen LogP) is 8.22. The van der Waals surface area contributed by atoms with E-state index in [2.05, 4.69) is 33.5 Å². The van der Waals surface area contributed by atoms with Crippen molar-refractivity contribution in [2.75, 3.05) is 0 Å². The maximum Gasteiger partial charge on any atom is 0.216 e. The molecule has 183 valence electrons. The number of fused-ring (bicyclic) bond motifs is 4. The first-order valence-electron chi connectivity index (χ1n) is 12.9. The first-order chi connectivity index (χ1) is 18.9. The molecule has 0 fully saturated rings. The van der Waals surface area contributed by atoms with E-state index in [4.69, 9.17) is 13.5 Å². The Labute approximate surface area is 236 Å². The van der Waals surface area contributed by atoms with Gasteiger partial charge in [-0.1, -0.05) is 29.1 Å². The van der Waals surface area contributed by atoms with Crippen LogP contribution in [0.25, 0.3) is 54.8 Å². The van der Waals surface area contributed by atoms with Crippen molar-refractivity contribution in [1.29, 1.82) is 0 Å². The van der Waals surface area contributed by atoms with E-state index < -0.39 is 6.85 Å². The van der Waals surface area contributed by atoms with E-state index in [0.717, 1.165) is 49.1 Å². The summed E-state index contributed by atoms with van der Waals surface area (Å²) in [4.78, 5) is 13.2. The van der Waals surface area contributed by atoms with E-state index in [1.54, 1.807) is 23.6 Å². The van der Waals surface area contributed by atoms with Crippen LogP contribution in [0.5, 0.6) is 0 Å². The van der Waals surface area contributed by atoms with Crippen molar-refractivity contribution >= 4 is 43.6 Å². The van der Waals surface area contributed by atoms with Gasteiger partial charge in [0.2, 0.25) is 5.71 Å². The van der Waals surface area contributed by atoms with Crippen molar-refractivity contribution in [2.24, 2.45) is 0 Å². The molecule has 0 unspecified atom stereocenters. The van der Waals surface area contributed by atoms with Gasteiger partial charge in [-0.2, -0.15) is 0 Å². The van der Waals surface area contributed by atoms with Crippen LogP contribution in [0.3, 0.4) is 0 Å². The topological polar surface area (TPSA) is 51.8 Å². The number of rotatable bonds is 2. The van der Waals surface area contributed by atoms with E-state index in [9.17, 15) is 0 Å². The van der Waals surface area contributed by atoms with Crippen molar-refractivity contribution in [2.45, 2.75) is 13.8 Å². The summed E-state index contributed by atoms with van der Waals surface area (Å²) in [6, 6.07) is 31.0. The Kier molecular flexibility index (Phi) is 6.20. The van der Waals surface area contributed by atoms with Crippen LogP contribution < -0.4 is 0 Å². The average Bonchev–Trinajstić information content (AvgIpc) is 3.53. The largest absolute Gasteiger partial charge is 0.486 e. The number of benzene rings is 2. The van der Waals surface area contributed by atoms with Crippen molar-refractivity contribution in [3.63, 3.8) is 0 Å². The molecule has 0 saturated heterocycles. The van der Waals surface area contributed by atoms with E-state index >= 15 is 0 Å². The summed E-state index contributed by atoms with van der Waals surface area (Å²) in [5.74, 6) is 0. The third-order valence-electron chi connectivity index (χ3n) is 5.80. The molecule has 0 N–H and O–H groups in total. The summed E-state index contributed by atoms with van der Waals surface area (Å²) in [7, 11) is 0. The summed E-state index contributed by atoms with van der Waals surface area (Å²) in [6.07, 6.45) is 1.79. The van der Waals surface area contributed by atoms with Gasteiger partial charge in [-0.25, -0.2) is 4.98 Å². The zero-order chi connectivity index (χ0) is 27.0. The van der Waals surface area contributed by atoms with Gasteiger partial charge in [-0.15, -0.1) is 65.4 Å². The van der Waals surface area contributed by atoms with Gasteiger partial charge in [-0.05, 0) is 60.4 Å². The quantitative estimate of drug-likeness (QED) is 0.173. The van der Waals surface area contributed by atoms with Gasteiger partial charge in [0.1, 0.15) is 0 Å². The summed E-state index contributed by atoms with van der Waals surface area (Å²) < 4.78 is 29.8. The molecule has 0 spiro atoms. The SMILES string of the molecule is [2H]C([2H])([2H])c1ccc2c(n1)oc1c(-c3ccc4scc(C)c4n3)[c-]ccc12.[Ir].[c-]1ccccc1-c1ccccn1. The zero-order valence-corrected chi connectivity index (χ0v) is 22.9. The van der Waals surface area contributed by atoms with Crippen LogP contribution >= 0.6 is 11.3 Å². The molecule has 4 nitrogen and oxygen atoms in total. The minimum absolute atomic E-state index is 0. The van der Waals surface area contributed by atoms with Gasteiger partial charge in [0, 0.05) is 41.5 Å². The van der Waals surface area contributed by atoms with Crippen LogP contribution in [0.15, 0.2) is 94.9 Å². The predicted molar refractivity (Wildman–Crippen MR) is 147 cm³/mol. The van der Waals surface area contributed by atoms with Crippen molar-refractivity contribution in [3.05, 3.63) is 114 Å². The Morgan fingerprint density at radius 2 is 1.78 bits per heavy atom. The van der Waals surface area contributed by atoms with E-state index in [1.807, 2.05) is 67.6 Å². The first-order valence-corrected chi connectivity index (χ1v) is 12.2. The minimum atomic E-state index is -2.27. The number of hydrogen-bond donors (Lipinski definition) is 0. The maximum atomic E-state index is 7.55. The van der Waals surface area contributed by atoms with Crippen LogP contribution in [0.1, 0.15) is 15.4 Å². The molecule has 2 aromatic carbocycles. The Morgan fingerprint density at radius 3 is 2.59 bits per heavy atom. The van der Waals surface area contributed by atoms with Crippen molar-refractivity contribution < 1.29 is 28.6 Å². The van der Waals surface area contributed by atoms with Crippen LogP contribution in [-0.2, 0) is 20.1 Å². The fourth-order valence-electron chi connectivity index (χ4n) is 4.06. The summed E-state index contributed by atoms with van der Waals surface area (Å²) >= 11 is 1.67. The second-order valence-electron chi connectivity index (χ2n) is 8.20. The number of pyridine rings is 3. The summed E-state index contributed by atoms with van der Waals surface area (Å²) in [5, 5.41) is 3.74. The van der Waals surface area contributed by atoms with E-state index in [1.165, 1.54) is 6.07 Å². The molecule has 7 aromatic rings. The molecule has 5 aromatic heterocycles. The number of thiophene rings is 1. The fraction of sp³-hybridized carbons (Fsp3) is 0.0645. The van der Waals surface area contributed by atoms with Crippen LogP contribution in [0, 0.1) is 25.9 Å². The molecule has 37 heavy (non-hydrogen) atoms. The number of furan rings is 1. The van der Waals surface area contributed by atoms with E-state index in [-0.39, 0.29) is 25.8 Å². The first kappa shape index (κ1) is 21.4. The fourth-order valence-corrected chi connectivity index (χ4v) is 4.94. The molecular weight excluding hydrogens is 655 g/mol. The number of hydrogen-bond acceptors (Lipinski definition) is 5. The average molecular weight is 679 g/mol. The molecule has 0 aliphatic heterocycles. The van der Waals surface area contributed by atoms with Crippen LogP contribution in [0.2, 0.25) is 0 Å². The minimum Gasteiger partial charge on any atom is -0.486 e. The Balaban J connectivity index is 0.000000209. The zero-order valence-electron chi connectivity index (χ0n) is 22.7. The standard InChI is InChI=1S/C20H13N2OS.C11H8N.Ir/c1-11-10-24-17-9-8-16(22-18(11)17)15-5-3-4-13-14-7-6-12(2)21-20(14)23-19(13)15;1-2-6-10(7-3-1)11-8-4-5-9-12-11;/h3-4,6-10H,1-2H3;1-6,8-9H;/q2*-1;/i2D3;;. The summed E-state index contributed by atoms with van der Waals surface area (Å²) in [6.45, 7) is -0.230. The number of aromatic nitrogens is 3. The number of nitrogens with zero attached hydrogens (tertiary/aromatic N) is 3. The van der Waals surface area contributed by atoms with Gasteiger partial charge in [0.05, 0.1) is 15.8 Å². The van der Waals surface area contributed by atoms with Crippen molar-refractivity contribution in [3.8, 4) is 22.5 Å². The smallest absolute Gasteiger partial charge is 0.216 e. The molecule has 0 aliphatic carbocycles. The third kappa shape index (κ3) is 4.96. The Bertz CT molecular complexity index is 1880. The third-order valence-corrected chi connectivity index (χ3v) is 6.85. The van der Waals surface area contributed by atoms with E-state index in [0.29, 0.717) is 11.3 Å². The number of aryl methyl sites for hydroxylation is 2. The molecule has 5 heterocycles. The van der Waals surface area contributed by atoms with Gasteiger partial charge in [0.25, 0.3) is 0 Å². The molecule has 0 amide bonds. The Morgan fingerprint density at radius 1 is 0.865 bits per heavy atom. The normalized spacial score (nSPS) is 12.3. The monoisotopic (exact) mass is 679 g/mol. The van der Waals surface area contributed by atoms with Crippen molar-refractivity contribution in [1.82, 2.24) is 15.0 Å². The van der Waals surface area contributed by atoms with Crippen LogP contribution in [0.4, 0.5) is 0 Å². The molecule has 7 rings (SSSR count).